The molecule has 19 heavy (non-hydrogen) atoms. The summed E-state index contributed by atoms with van der Waals surface area (Å²) < 4.78 is 40.7. The lowest BCUT2D eigenvalue weighted by molar-refractivity contribution is 0.398. The third-order valence-corrected chi connectivity index (χ3v) is 5.31. The third-order valence-electron chi connectivity index (χ3n) is 3.49. The smallest absolute Gasteiger partial charge is 0.244 e. The maximum atomic E-state index is 13.7. The van der Waals surface area contributed by atoms with Crippen LogP contribution in [-0.4, -0.2) is 20.5 Å². The van der Waals surface area contributed by atoms with Gasteiger partial charge in [-0.2, -0.15) is 0 Å². The summed E-state index contributed by atoms with van der Waals surface area (Å²) in [5.74, 6) is -0.818. The monoisotopic (exact) mass is 306 g/mol. The molecule has 0 bridgehead atoms. The number of rotatable bonds is 4. The highest BCUT2D eigenvalue weighted by atomic mass is 35.5. The van der Waals surface area contributed by atoms with Crippen LogP contribution in [0.2, 0.25) is 5.02 Å². The molecule has 0 heterocycles. The Hall–Kier alpha value is -0.690. The number of nitrogens with two attached hydrogens (primary N) is 1. The van der Waals surface area contributed by atoms with E-state index in [0.717, 1.165) is 25.0 Å². The second-order valence-corrected chi connectivity index (χ2v) is 6.96. The average Bonchev–Trinajstić information content (AvgIpc) is 2.80. The second-order valence-electron chi connectivity index (χ2n) is 4.87. The van der Waals surface area contributed by atoms with Crippen LogP contribution in [0.25, 0.3) is 0 Å². The first-order valence-corrected chi connectivity index (χ1v) is 7.94. The molecule has 0 atom stereocenters. The molecule has 7 heteroatoms. The van der Waals surface area contributed by atoms with Gasteiger partial charge >= 0.3 is 0 Å². The Morgan fingerprint density at radius 1 is 1.37 bits per heavy atom. The van der Waals surface area contributed by atoms with E-state index < -0.39 is 26.3 Å². The fourth-order valence-electron chi connectivity index (χ4n) is 2.42. The molecule has 1 fully saturated rings. The largest absolute Gasteiger partial charge is 0.329 e. The van der Waals surface area contributed by atoms with Crippen molar-refractivity contribution in [1.82, 2.24) is 4.72 Å². The Labute approximate surface area is 117 Å². The Morgan fingerprint density at radius 2 is 2.00 bits per heavy atom. The lowest BCUT2D eigenvalue weighted by Crippen LogP contribution is -2.51. The summed E-state index contributed by atoms with van der Waals surface area (Å²) in [5, 5.41) is 0.176. The van der Waals surface area contributed by atoms with Crippen molar-refractivity contribution in [3.63, 3.8) is 0 Å². The van der Waals surface area contributed by atoms with Gasteiger partial charge in [-0.1, -0.05) is 24.4 Å². The van der Waals surface area contributed by atoms with E-state index >= 15 is 0 Å². The summed E-state index contributed by atoms with van der Waals surface area (Å²) in [4.78, 5) is -0.431. The lowest BCUT2D eigenvalue weighted by atomic mass is 10.0. The molecule has 1 aliphatic rings. The van der Waals surface area contributed by atoms with E-state index in [1.165, 1.54) is 6.07 Å². The third kappa shape index (κ3) is 3.08. The van der Waals surface area contributed by atoms with Crippen molar-refractivity contribution in [3.05, 3.63) is 29.0 Å². The standard InChI is InChI=1S/C12H16ClFN2O2S/c13-9-3-4-10(14)11(7-9)19(17,18)16-12(8-15)5-1-2-6-12/h3-4,7,16H,1-2,5-6,8,15H2. The van der Waals surface area contributed by atoms with Gasteiger partial charge in [0.05, 0.1) is 0 Å². The molecule has 1 aromatic carbocycles. The average molecular weight is 307 g/mol. The van der Waals surface area contributed by atoms with E-state index in [4.69, 9.17) is 17.3 Å². The highest BCUT2D eigenvalue weighted by Crippen LogP contribution is 2.31. The molecule has 0 aromatic heterocycles. The van der Waals surface area contributed by atoms with Crippen LogP contribution in [0.4, 0.5) is 4.39 Å². The van der Waals surface area contributed by atoms with Crippen molar-refractivity contribution < 1.29 is 12.8 Å². The van der Waals surface area contributed by atoms with E-state index in [1.807, 2.05) is 0 Å². The zero-order chi connectivity index (χ0) is 14.1. The van der Waals surface area contributed by atoms with Crippen LogP contribution in [0, 0.1) is 5.82 Å². The van der Waals surface area contributed by atoms with Crippen LogP contribution in [0.15, 0.2) is 23.1 Å². The van der Waals surface area contributed by atoms with Gasteiger partial charge in [-0.15, -0.1) is 0 Å². The van der Waals surface area contributed by atoms with E-state index in [1.54, 1.807) is 0 Å². The summed E-state index contributed by atoms with van der Waals surface area (Å²) in [6.45, 7) is 0.203. The zero-order valence-corrected chi connectivity index (χ0v) is 11.9. The van der Waals surface area contributed by atoms with Crippen molar-refractivity contribution in [2.75, 3.05) is 6.54 Å². The van der Waals surface area contributed by atoms with Crippen LogP contribution in [0.3, 0.4) is 0 Å². The predicted molar refractivity (Wildman–Crippen MR) is 72.0 cm³/mol. The van der Waals surface area contributed by atoms with E-state index in [-0.39, 0.29) is 11.6 Å². The molecule has 3 N–H and O–H groups in total. The molecule has 1 aliphatic carbocycles. The molecule has 4 nitrogen and oxygen atoms in total. The molecular formula is C12H16ClFN2O2S. The summed E-state index contributed by atoms with van der Waals surface area (Å²) in [5.41, 5.74) is 5.02. The number of nitrogens with one attached hydrogen (secondary N) is 1. The van der Waals surface area contributed by atoms with Crippen LogP contribution in [-0.2, 0) is 10.0 Å². The van der Waals surface area contributed by atoms with Gasteiger partial charge in [0.2, 0.25) is 10.0 Å². The first-order valence-electron chi connectivity index (χ1n) is 6.08. The minimum absolute atomic E-state index is 0.176. The van der Waals surface area contributed by atoms with E-state index in [9.17, 15) is 12.8 Å². The fourth-order valence-corrected chi connectivity index (χ4v) is 4.23. The molecule has 0 spiro atoms. The number of benzene rings is 1. The number of halogens is 2. The molecule has 2 rings (SSSR count). The maximum Gasteiger partial charge on any atom is 0.244 e. The quantitative estimate of drug-likeness (QED) is 0.894. The second kappa shape index (κ2) is 5.36. The summed E-state index contributed by atoms with van der Waals surface area (Å²) in [6.07, 6.45) is 3.17. The Bertz CT molecular complexity index is 571. The first-order chi connectivity index (χ1) is 8.88. The molecule has 0 aliphatic heterocycles. The number of hydrogen-bond donors (Lipinski definition) is 2. The number of hydrogen-bond acceptors (Lipinski definition) is 3. The van der Waals surface area contributed by atoms with Gasteiger partial charge in [0.15, 0.2) is 0 Å². The van der Waals surface area contributed by atoms with Crippen molar-refractivity contribution in [2.45, 2.75) is 36.1 Å². The molecule has 1 saturated carbocycles. The maximum absolute atomic E-state index is 13.7. The molecule has 106 valence electrons. The van der Waals surface area contributed by atoms with Gasteiger partial charge in [-0.3, -0.25) is 0 Å². The first kappa shape index (κ1) is 14.7. The molecule has 0 radical (unpaired) electrons. The predicted octanol–water partition coefficient (Wildman–Crippen LogP) is 2.03. The van der Waals surface area contributed by atoms with Crippen molar-refractivity contribution in [1.29, 1.82) is 0 Å². The molecule has 0 unspecified atom stereocenters. The molecule has 1 aromatic rings. The van der Waals surface area contributed by atoms with Gasteiger partial charge in [-0.05, 0) is 31.0 Å². The Kier molecular flexibility index (Phi) is 4.15. The summed E-state index contributed by atoms with van der Waals surface area (Å²) in [7, 11) is -3.96. The van der Waals surface area contributed by atoms with Gasteiger partial charge in [-0.25, -0.2) is 17.5 Å². The molecule has 0 amide bonds. The van der Waals surface area contributed by atoms with Gasteiger partial charge in [0, 0.05) is 17.1 Å². The lowest BCUT2D eigenvalue weighted by Gasteiger charge is -2.28. The van der Waals surface area contributed by atoms with Gasteiger partial charge < -0.3 is 5.73 Å². The minimum Gasteiger partial charge on any atom is -0.329 e. The highest BCUT2D eigenvalue weighted by molar-refractivity contribution is 7.89. The number of sulfonamides is 1. The van der Waals surface area contributed by atoms with Crippen LogP contribution in [0.1, 0.15) is 25.7 Å². The van der Waals surface area contributed by atoms with Crippen LogP contribution < -0.4 is 10.5 Å². The molecular weight excluding hydrogens is 291 g/mol. The minimum atomic E-state index is -3.96. The fraction of sp³-hybridized carbons (Fsp3) is 0.500. The Morgan fingerprint density at radius 3 is 2.58 bits per heavy atom. The van der Waals surface area contributed by atoms with Gasteiger partial charge in [0.25, 0.3) is 0 Å². The topological polar surface area (TPSA) is 72.2 Å². The van der Waals surface area contributed by atoms with Crippen LogP contribution >= 0.6 is 11.6 Å². The highest BCUT2D eigenvalue weighted by Gasteiger charge is 2.37. The molecule has 0 saturated heterocycles. The summed E-state index contributed by atoms with van der Waals surface area (Å²) in [6, 6.07) is 3.46. The van der Waals surface area contributed by atoms with Crippen molar-refractivity contribution >= 4 is 21.6 Å². The summed E-state index contributed by atoms with van der Waals surface area (Å²) >= 11 is 5.72. The normalized spacial score (nSPS) is 18.7. The van der Waals surface area contributed by atoms with Crippen molar-refractivity contribution in [3.8, 4) is 0 Å². The SMILES string of the molecule is NCC1(NS(=O)(=O)c2cc(Cl)ccc2F)CCCC1. The van der Waals surface area contributed by atoms with Crippen LogP contribution in [0.5, 0.6) is 0 Å². The van der Waals surface area contributed by atoms with Gasteiger partial charge in [0.1, 0.15) is 10.7 Å². The zero-order valence-electron chi connectivity index (χ0n) is 10.3. The van der Waals surface area contributed by atoms with Crippen molar-refractivity contribution in [2.24, 2.45) is 5.73 Å². The van der Waals surface area contributed by atoms with E-state index in [2.05, 4.69) is 4.72 Å². The Balaban J connectivity index is 2.34. The van der Waals surface area contributed by atoms with E-state index in [0.29, 0.717) is 12.8 Å².